The van der Waals surface area contributed by atoms with Crippen LogP contribution in [0.25, 0.3) is 11.4 Å². The third-order valence-corrected chi connectivity index (χ3v) is 2.99. The van der Waals surface area contributed by atoms with Gasteiger partial charge in [0, 0.05) is 17.1 Å². The van der Waals surface area contributed by atoms with Crippen molar-refractivity contribution in [2.24, 2.45) is 0 Å². The zero-order valence-electron chi connectivity index (χ0n) is 11.0. The third-order valence-electron chi connectivity index (χ3n) is 2.74. The second-order valence-corrected chi connectivity index (χ2v) is 4.80. The van der Waals surface area contributed by atoms with Crippen LogP contribution < -0.4 is 0 Å². The Labute approximate surface area is 125 Å². The molecule has 1 aromatic heterocycles. The number of rotatable bonds is 7. The number of alkyl halides is 2. The van der Waals surface area contributed by atoms with E-state index in [1.165, 1.54) is 4.90 Å². The average Bonchev–Trinajstić information content (AvgIpc) is 2.87. The Morgan fingerprint density at radius 2 is 2.00 bits per heavy atom. The van der Waals surface area contributed by atoms with Gasteiger partial charge in [0.25, 0.3) is 6.43 Å². The molecule has 1 N–H and O–H groups in total. The van der Waals surface area contributed by atoms with Gasteiger partial charge in [0.1, 0.15) is 0 Å². The molecule has 21 heavy (non-hydrogen) atoms. The maximum atomic E-state index is 12.4. The van der Waals surface area contributed by atoms with Crippen LogP contribution >= 0.6 is 11.6 Å². The summed E-state index contributed by atoms with van der Waals surface area (Å²) in [5.41, 5.74) is 0.719. The molecule has 2 aromatic rings. The number of halogens is 3. The lowest BCUT2D eigenvalue weighted by atomic mass is 10.2. The molecule has 1 heterocycles. The van der Waals surface area contributed by atoms with Crippen LogP contribution in [0, 0.1) is 0 Å². The van der Waals surface area contributed by atoms with Crippen LogP contribution in [0.5, 0.6) is 0 Å². The van der Waals surface area contributed by atoms with E-state index in [-0.39, 0.29) is 25.6 Å². The summed E-state index contributed by atoms with van der Waals surface area (Å²) in [6, 6.07) is 6.87. The van der Waals surface area contributed by atoms with Crippen LogP contribution in [0.3, 0.4) is 0 Å². The number of aliphatic hydroxyl groups is 1. The minimum atomic E-state index is -2.49. The van der Waals surface area contributed by atoms with Gasteiger partial charge in [0.05, 0.1) is 19.7 Å². The van der Waals surface area contributed by atoms with Gasteiger partial charge in [0.2, 0.25) is 11.7 Å². The van der Waals surface area contributed by atoms with E-state index < -0.39 is 13.0 Å². The number of hydrogen-bond acceptors (Lipinski definition) is 5. The lowest BCUT2D eigenvalue weighted by molar-refractivity contribution is 0.0692. The largest absolute Gasteiger partial charge is 0.395 e. The molecule has 0 bridgehead atoms. The van der Waals surface area contributed by atoms with Crippen molar-refractivity contribution < 1.29 is 18.4 Å². The zero-order chi connectivity index (χ0) is 15.2. The van der Waals surface area contributed by atoms with Crippen molar-refractivity contribution in [3.63, 3.8) is 0 Å². The molecule has 0 fully saturated rings. The normalized spacial score (nSPS) is 11.5. The highest BCUT2D eigenvalue weighted by Gasteiger charge is 2.16. The van der Waals surface area contributed by atoms with E-state index in [9.17, 15) is 8.78 Å². The van der Waals surface area contributed by atoms with Gasteiger partial charge >= 0.3 is 0 Å². The molecule has 0 aliphatic heterocycles. The predicted molar refractivity (Wildman–Crippen MR) is 73.1 cm³/mol. The van der Waals surface area contributed by atoms with Crippen molar-refractivity contribution >= 4 is 11.6 Å². The van der Waals surface area contributed by atoms with Crippen LogP contribution in [-0.2, 0) is 6.54 Å². The van der Waals surface area contributed by atoms with E-state index >= 15 is 0 Å². The number of aromatic nitrogens is 2. The summed E-state index contributed by atoms with van der Waals surface area (Å²) in [5, 5.41) is 13.3. The Balaban J connectivity index is 2.06. The van der Waals surface area contributed by atoms with E-state index in [0.29, 0.717) is 10.8 Å². The highest BCUT2D eigenvalue weighted by Crippen LogP contribution is 2.19. The van der Waals surface area contributed by atoms with E-state index in [4.69, 9.17) is 21.2 Å². The van der Waals surface area contributed by atoms with Gasteiger partial charge in [-0.15, -0.1) is 0 Å². The summed E-state index contributed by atoms with van der Waals surface area (Å²) in [7, 11) is 0. The van der Waals surface area contributed by atoms with E-state index in [1.54, 1.807) is 24.3 Å². The molecule has 0 radical (unpaired) electrons. The van der Waals surface area contributed by atoms with Gasteiger partial charge in [-0.2, -0.15) is 4.98 Å². The first-order valence-electron chi connectivity index (χ1n) is 6.28. The summed E-state index contributed by atoms with van der Waals surface area (Å²) in [6.07, 6.45) is -2.49. The first-order valence-corrected chi connectivity index (χ1v) is 6.66. The quantitative estimate of drug-likeness (QED) is 0.850. The standard InChI is InChI=1S/C13H14ClF2N3O2/c14-10-3-1-9(2-4-10)13-17-12(21-18-13)8-19(5-6-20)7-11(15)16/h1-4,11,20H,5-8H2. The molecule has 0 atom stereocenters. The number of hydrogen-bond donors (Lipinski definition) is 1. The summed E-state index contributed by atoms with van der Waals surface area (Å²) in [4.78, 5) is 5.50. The molecule has 1 aromatic carbocycles. The SMILES string of the molecule is OCCN(Cc1nc(-c2ccc(Cl)cc2)no1)CC(F)F. The molecule has 2 rings (SSSR count). The second-order valence-electron chi connectivity index (χ2n) is 4.37. The maximum absolute atomic E-state index is 12.4. The fourth-order valence-electron chi connectivity index (χ4n) is 1.80. The molecule has 0 saturated heterocycles. The van der Waals surface area contributed by atoms with Gasteiger partial charge in [-0.05, 0) is 24.3 Å². The van der Waals surface area contributed by atoms with Crippen LogP contribution in [0.2, 0.25) is 5.02 Å². The fraction of sp³-hybridized carbons (Fsp3) is 0.385. The minimum absolute atomic E-state index is 0.0610. The van der Waals surface area contributed by atoms with E-state index in [0.717, 1.165) is 5.56 Å². The van der Waals surface area contributed by atoms with Crippen molar-refractivity contribution in [3.05, 3.63) is 35.2 Å². The number of benzene rings is 1. The Morgan fingerprint density at radius 3 is 2.62 bits per heavy atom. The topological polar surface area (TPSA) is 62.4 Å². The molecule has 5 nitrogen and oxygen atoms in total. The summed E-state index contributed by atoms with van der Waals surface area (Å²) < 4.78 is 29.9. The molecule has 0 amide bonds. The van der Waals surface area contributed by atoms with Gasteiger partial charge < -0.3 is 9.63 Å². The van der Waals surface area contributed by atoms with Gasteiger partial charge in [-0.3, -0.25) is 4.90 Å². The molecular weight excluding hydrogens is 304 g/mol. The van der Waals surface area contributed by atoms with Crippen LogP contribution in [0.4, 0.5) is 8.78 Å². The van der Waals surface area contributed by atoms with Crippen molar-refractivity contribution in [2.45, 2.75) is 13.0 Å². The lowest BCUT2D eigenvalue weighted by Gasteiger charge is -2.18. The number of aliphatic hydroxyl groups excluding tert-OH is 1. The van der Waals surface area contributed by atoms with E-state index in [1.807, 2.05) is 0 Å². The monoisotopic (exact) mass is 317 g/mol. The molecule has 8 heteroatoms. The highest BCUT2D eigenvalue weighted by atomic mass is 35.5. The molecular formula is C13H14ClF2N3O2. The predicted octanol–water partition coefficient (Wildman–Crippen LogP) is 2.45. The van der Waals surface area contributed by atoms with Crippen molar-refractivity contribution in [1.29, 1.82) is 0 Å². The summed E-state index contributed by atoms with van der Waals surface area (Å²) >= 11 is 5.79. The van der Waals surface area contributed by atoms with Crippen molar-refractivity contribution in [3.8, 4) is 11.4 Å². The second kappa shape index (κ2) is 7.44. The molecule has 0 unspecified atom stereocenters. The summed E-state index contributed by atoms with van der Waals surface area (Å²) in [6.45, 7) is -0.501. The van der Waals surface area contributed by atoms with Crippen molar-refractivity contribution in [2.75, 3.05) is 19.7 Å². The molecule has 0 aliphatic rings. The highest BCUT2D eigenvalue weighted by molar-refractivity contribution is 6.30. The Kier molecular flexibility index (Phi) is 5.60. The lowest BCUT2D eigenvalue weighted by Crippen LogP contribution is -2.31. The zero-order valence-corrected chi connectivity index (χ0v) is 11.8. The smallest absolute Gasteiger partial charge is 0.251 e. The third kappa shape index (κ3) is 4.73. The summed E-state index contributed by atoms with van der Waals surface area (Å²) in [5.74, 6) is 0.580. The van der Waals surface area contributed by atoms with Crippen LogP contribution in [-0.4, -0.2) is 46.3 Å². The van der Waals surface area contributed by atoms with Gasteiger partial charge in [-0.1, -0.05) is 16.8 Å². The van der Waals surface area contributed by atoms with Gasteiger partial charge in [-0.25, -0.2) is 8.78 Å². The molecule has 114 valence electrons. The number of nitrogens with zero attached hydrogens (tertiary/aromatic N) is 3. The van der Waals surface area contributed by atoms with Crippen molar-refractivity contribution in [1.82, 2.24) is 15.0 Å². The van der Waals surface area contributed by atoms with Crippen LogP contribution in [0.1, 0.15) is 5.89 Å². The Morgan fingerprint density at radius 1 is 1.29 bits per heavy atom. The first-order chi connectivity index (χ1) is 10.1. The van der Waals surface area contributed by atoms with Gasteiger partial charge in [0.15, 0.2) is 0 Å². The van der Waals surface area contributed by atoms with E-state index in [2.05, 4.69) is 10.1 Å². The average molecular weight is 318 g/mol. The molecule has 0 spiro atoms. The maximum Gasteiger partial charge on any atom is 0.251 e. The van der Waals surface area contributed by atoms with Crippen LogP contribution in [0.15, 0.2) is 28.8 Å². The minimum Gasteiger partial charge on any atom is -0.395 e. The molecule has 0 aliphatic carbocycles. The molecule has 0 saturated carbocycles. The first kappa shape index (κ1) is 15.8. The Bertz CT molecular complexity index is 563. The fourth-order valence-corrected chi connectivity index (χ4v) is 1.92. The Hall–Kier alpha value is -1.57.